The molecule has 0 aromatic carbocycles. The molecule has 0 fully saturated rings. The Hall–Kier alpha value is -2.58. The van der Waals surface area contributed by atoms with E-state index in [2.05, 4.69) is 15.7 Å². The molecule has 0 aliphatic heterocycles. The monoisotopic (exact) mass is 297 g/mol. The molecule has 0 saturated heterocycles. The first-order valence-electron chi connectivity index (χ1n) is 6.42. The van der Waals surface area contributed by atoms with Crippen molar-refractivity contribution < 1.29 is 19.5 Å². The molecule has 5 N–H and O–H groups in total. The van der Waals surface area contributed by atoms with Crippen molar-refractivity contribution in [3.05, 3.63) is 18.0 Å². The normalized spacial score (nSPS) is 11.7. The Labute approximate surface area is 121 Å². The van der Waals surface area contributed by atoms with E-state index in [4.69, 9.17) is 10.8 Å². The van der Waals surface area contributed by atoms with Crippen molar-refractivity contribution in [1.29, 1.82) is 0 Å². The van der Waals surface area contributed by atoms with Gasteiger partial charge in [-0.25, -0.2) is 9.59 Å². The van der Waals surface area contributed by atoms with Gasteiger partial charge < -0.3 is 21.5 Å². The lowest BCUT2D eigenvalue weighted by atomic mass is 10.1. The molecular weight excluding hydrogens is 278 g/mol. The SMILES string of the molecule is Cn1ccc(CCNC(=O)N[C@H](CCC(N)=O)C(=O)O)n1. The fourth-order valence-electron chi connectivity index (χ4n) is 1.65. The van der Waals surface area contributed by atoms with Crippen LogP contribution >= 0.6 is 0 Å². The number of urea groups is 1. The zero-order valence-electron chi connectivity index (χ0n) is 11.7. The van der Waals surface area contributed by atoms with E-state index < -0.39 is 23.9 Å². The van der Waals surface area contributed by atoms with Crippen LogP contribution in [0.2, 0.25) is 0 Å². The van der Waals surface area contributed by atoms with E-state index >= 15 is 0 Å². The molecule has 1 atom stereocenters. The van der Waals surface area contributed by atoms with E-state index in [1.165, 1.54) is 0 Å². The number of aromatic nitrogens is 2. The third-order valence-corrected chi connectivity index (χ3v) is 2.72. The minimum atomic E-state index is -1.21. The molecule has 1 aromatic rings. The molecule has 1 heterocycles. The molecule has 0 bridgehead atoms. The Bertz CT molecular complexity index is 514. The quantitative estimate of drug-likeness (QED) is 0.486. The van der Waals surface area contributed by atoms with E-state index in [-0.39, 0.29) is 12.8 Å². The van der Waals surface area contributed by atoms with Crippen LogP contribution in [0.25, 0.3) is 0 Å². The van der Waals surface area contributed by atoms with Crippen molar-refractivity contribution in [2.45, 2.75) is 25.3 Å². The highest BCUT2D eigenvalue weighted by atomic mass is 16.4. The van der Waals surface area contributed by atoms with Crippen molar-refractivity contribution in [3.8, 4) is 0 Å². The maximum Gasteiger partial charge on any atom is 0.326 e. The summed E-state index contributed by atoms with van der Waals surface area (Å²) in [4.78, 5) is 33.1. The largest absolute Gasteiger partial charge is 0.480 e. The second-order valence-corrected chi connectivity index (χ2v) is 4.53. The number of primary amides is 1. The summed E-state index contributed by atoms with van der Waals surface area (Å²) in [5.41, 5.74) is 5.77. The Balaban J connectivity index is 2.32. The number of nitrogens with one attached hydrogen (secondary N) is 2. The minimum Gasteiger partial charge on any atom is -0.480 e. The molecular formula is C12H19N5O4. The van der Waals surface area contributed by atoms with E-state index in [9.17, 15) is 14.4 Å². The van der Waals surface area contributed by atoms with E-state index in [0.717, 1.165) is 5.69 Å². The first-order valence-corrected chi connectivity index (χ1v) is 6.42. The number of nitrogens with zero attached hydrogens (tertiary/aromatic N) is 2. The number of aliphatic carboxylic acids is 1. The topological polar surface area (TPSA) is 139 Å². The lowest BCUT2D eigenvalue weighted by Gasteiger charge is -2.14. The number of carboxylic acids is 1. The number of carbonyl (C=O) groups excluding carboxylic acids is 2. The van der Waals surface area contributed by atoms with Crippen molar-refractivity contribution >= 4 is 17.9 Å². The summed E-state index contributed by atoms with van der Waals surface area (Å²) in [7, 11) is 1.79. The molecule has 0 aliphatic rings. The summed E-state index contributed by atoms with van der Waals surface area (Å²) in [5, 5.41) is 17.9. The smallest absolute Gasteiger partial charge is 0.326 e. The van der Waals surface area contributed by atoms with Gasteiger partial charge in [0, 0.05) is 32.6 Å². The fraction of sp³-hybridized carbons (Fsp3) is 0.500. The molecule has 3 amide bonds. The van der Waals surface area contributed by atoms with Crippen molar-refractivity contribution in [3.63, 3.8) is 0 Å². The number of nitrogens with two attached hydrogens (primary N) is 1. The van der Waals surface area contributed by atoms with Crippen LogP contribution in [-0.4, -0.2) is 45.4 Å². The van der Waals surface area contributed by atoms with Gasteiger partial charge in [-0.15, -0.1) is 0 Å². The fourth-order valence-corrected chi connectivity index (χ4v) is 1.65. The molecule has 9 nitrogen and oxygen atoms in total. The van der Waals surface area contributed by atoms with Gasteiger partial charge in [-0.1, -0.05) is 0 Å². The van der Waals surface area contributed by atoms with Gasteiger partial charge >= 0.3 is 12.0 Å². The van der Waals surface area contributed by atoms with Gasteiger partial charge in [0.1, 0.15) is 6.04 Å². The van der Waals surface area contributed by atoms with Crippen LogP contribution in [0.3, 0.4) is 0 Å². The molecule has 1 rings (SSSR count). The first kappa shape index (κ1) is 16.5. The molecule has 0 spiro atoms. The number of rotatable bonds is 8. The highest BCUT2D eigenvalue weighted by molar-refractivity contribution is 5.83. The van der Waals surface area contributed by atoms with Gasteiger partial charge in [-0.3, -0.25) is 9.48 Å². The summed E-state index contributed by atoms with van der Waals surface area (Å²) in [6, 6.07) is 0.0714. The predicted molar refractivity (Wildman–Crippen MR) is 73.3 cm³/mol. The second kappa shape index (κ2) is 7.88. The van der Waals surface area contributed by atoms with Crippen LogP contribution < -0.4 is 16.4 Å². The van der Waals surface area contributed by atoms with Crippen molar-refractivity contribution in [1.82, 2.24) is 20.4 Å². The van der Waals surface area contributed by atoms with Crippen LogP contribution in [0.4, 0.5) is 4.79 Å². The zero-order valence-corrected chi connectivity index (χ0v) is 11.7. The first-order chi connectivity index (χ1) is 9.88. The van der Waals surface area contributed by atoms with Gasteiger partial charge in [0.05, 0.1) is 5.69 Å². The third kappa shape index (κ3) is 6.41. The maximum absolute atomic E-state index is 11.6. The van der Waals surface area contributed by atoms with Gasteiger partial charge in [0.25, 0.3) is 0 Å². The summed E-state index contributed by atoms with van der Waals surface area (Å²) in [6.07, 6.45) is 2.18. The Kier molecular flexibility index (Phi) is 6.18. The maximum atomic E-state index is 11.6. The van der Waals surface area contributed by atoms with E-state index in [1.807, 2.05) is 6.07 Å². The number of hydrogen-bond donors (Lipinski definition) is 4. The average molecular weight is 297 g/mol. The van der Waals surface area contributed by atoms with Crippen LogP contribution in [0.1, 0.15) is 18.5 Å². The molecule has 1 aromatic heterocycles. The van der Waals surface area contributed by atoms with Gasteiger partial charge in [-0.05, 0) is 12.5 Å². The predicted octanol–water partition coefficient (Wildman–Crippen LogP) is -1.02. The average Bonchev–Trinajstić information content (AvgIpc) is 2.79. The number of amides is 3. The van der Waals surface area contributed by atoms with Gasteiger partial charge in [-0.2, -0.15) is 5.10 Å². The number of aryl methyl sites for hydroxylation is 1. The number of carboxylic acid groups (broad SMARTS) is 1. The molecule has 0 radical (unpaired) electrons. The Morgan fingerprint density at radius 1 is 1.48 bits per heavy atom. The van der Waals surface area contributed by atoms with E-state index in [0.29, 0.717) is 13.0 Å². The highest BCUT2D eigenvalue weighted by Crippen LogP contribution is 1.98. The van der Waals surface area contributed by atoms with Crippen LogP contribution in [0.5, 0.6) is 0 Å². The number of hydrogen-bond acceptors (Lipinski definition) is 4. The van der Waals surface area contributed by atoms with Gasteiger partial charge in [0.15, 0.2) is 0 Å². The molecule has 9 heteroatoms. The minimum absolute atomic E-state index is 0.0433. The molecule has 0 aliphatic carbocycles. The summed E-state index contributed by atoms with van der Waals surface area (Å²) < 4.78 is 1.65. The molecule has 0 saturated carbocycles. The van der Waals surface area contributed by atoms with Crippen LogP contribution in [0, 0.1) is 0 Å². The number of carbonyl (C=O) groups is 3. The van der Waals surface area contributed by atoms with Crippen molar-refractivity contribution in [2.75, 3.05) is 6.54 Å². The third-order valence-electron chi connectivity index (χ3n) is 2.72. The summed E-state index contributed by atoms with van der Waals surface area (Å²) in [5.74, 6) is -1.82. The lowest BCUT2D eigenvalue weighted by Crippen LogP contribution is -2.46. The Morgan fingerprint density at radius 3 is 2.71 bits per heavy atom. The highest BCUT2D eigenvalue weighted by Gasteiger charge is 2.20. The standard InChI is InChI=1S/C12H19N5O4/c1-17-7-5-8(16-17)4-6-14-12(21)15-9(11(19)20)2-3-10(13)18/h5,7,9H,2-4,6H2,1H3,(H2,13,18)(H,19,20)(H2,14,15,21)/t9-/m1/s1. The zero-order chi connectivity index (χ0) is 15.8. The summed E-state index contributed by atoms with van der Waals surface area (Å²) in [6.45, 7) is 0.324. The molecule has 116 valence electrons. The molecule has 21 heavy (non-hydrogen) atoms. The van der Waals surface area contributed by atoms with Crippen LogP contribution in [0.15, 0.2) is 12.3 Å². The second-order valence-electron chi connectivity index (χ2n) is 4.53. The van der Waals surface area contributed by atoms with E-state index in [1.54, 1.807) is 17.9 Å². The Morgan fingerprint density at radius 2 is 2.19 bits per heavy atom. The molecule has 0 unspecified atom stereocenters. The van der Waals surface area contributed by atoms with Crippen molar-refractivity contribution in [2.24, 2.45) is 12.8 Å². The lowest BCUT2D eigenvalue weighted by molar-refractivity contribution is -0.139. The summed E-state index contributed by atoms with van der Waals surface area (Å²) >= 11 is 0. The van der Waals surface area contributed by atoms with Crippen LogP contribution in [-0.2, 0) is 23.1 Å². The van der Waals surface area contributed by atoms with Gasteiger partial charge in [0.2, 0.25) is 5.91 Å².